The number of amides is 1. The first kappa shape index (κ1) is 16.5. The molecule has 7 nitrogen and oxygen atoms in total. The summed E-state index contributed by atoms with van der Waals surface area (Å²) < 4.78 is 1.75. The minimum atomic E-state index is -0.00747. The van der Waals surface area contributed by atoms with E-state index in [0.29, 0.717) is 12.5 Å². The summed E-state index contributed by atoms with van der Waals surface area (Å²) in [5, 5.41) is 8.42. The Balaban J connectivity index is 1.31. The highest BCUT2D eigenvalue weighted by molar-refractivity contribution is 5.81. The number of anilines is 1. The Hall–Kier alpha value is -2.96. The van der Waals surface area contributed by atoms with Crippen molar-refractivity contribution in [2.45, 2.75) is 19.4 Å². The SMILES string of the molecule is O=C(Cn1ncc2ccccc21)NC[C@@H]1CCCN(c2ncccn2)C1. The fraction of sp³-hybridized carbons (Fsp3) is 0.368. The van der Waals surface area contributed by atoms with Gasteiger partial charge in [-0.2, -0.15) is 5.10 Å². The lowest BCUT2D eigenvalue weighted by Crippen LogP contribution is -2.42. The van der Waals surface area contributed by atoms with Gasteiger partial charge in [0.1, 0.15) is 6.54 Å². The van der Waals surface area contributed by atoms with Gasteiger partial charge in [0, 0.05) is 37.4 Å². The highest BCUT2D eigenvalue weighted by Gasteiger charge is 2.22. The number of piperidine rings is 1. The second-order valence-corrected chi connectivity index (χ2v) is 6.67. The van der Waals surface area contributed by atoms with Gasteiger partial charge in [-0.05, 0) is 30.9 Å². The molecule has 4 rings (SSSR count). The van der Waals surface area contributed by atoms with Gasteiger partial charge in [-0.1, -0.05) is 18.2 Å². The number of aromatic nitrogens is 4. The van der Waals surface area contributed by atoms with E-state index >= 15 is 0 Å². The molecule has 134 valence electrons. The van der Waals surface area contributed by atoms with Crippen LogP contribution in [-0.4, -0.2) is 45.3 Å². The summed E-state index contributed by atoms with van der Waals surface area (Å²) in [6.07, 6.45) is 7.52. The standard InChI is InChI=1S/C19H22N6O/c26-18(14-25-17-7-2-1-6-16(17)12-23-25)22-11-15-5-3-10-24(13-15)19-20-8-4-9-21-19/h1-2,4,6-9,12,15H,3,5,10-11,13-14H2,(H,22,26)/t15-/m0/s1. The van der Waals surface area contributed by atoms with Gasteiger partial charge in [-0.15, -0.1) is 0 Å². The van der Waals surface area contributed by atoms with E-state index in [1.165, 1.54) is 0 Å². The van der Waals surface area contributed by atoms with Crippen molar-refractivity contribution in [3.63, 3.8) is 0 Å². The van der Waals surface area contributed by atoms with Crippen LogP contribution in [0.15, 0.2) is 48.9 Å². The average Bonchev–Trinajstić information content (AvgIpc) is 3.10. The van der Waals surface area contributed by atoms with Gasteiger partial charge < -0.3 is 10.2 Å². The van der Waals surface area contributed by atoms with Crippen molar-refractivity contribution in [2.24, 2.45) is 5.92 Å². The summed E-state index contributed by atoms with van der Waals surface area (Å²) in [5.41, 5.74) is 0.979. The summed E-state index contributed by atoms with van der Waals surface area (Å²) in [6, 6.07) is 9.73. The smallest absolute Gasteiger partial charge is 0.241 e. The zero-order chi connectivity index (χ0) is 17.8. The van der Waals surface area contributed by atoms with Crippen LogP contribution >= 0.6 is 0 Å². The molecule has 0 bridgehead atoms. The maximum Gasteiger partial charge on any atom is 0.241 e. The Morgan fingerprint density at radius 3 is 2.92 bits per heavy atom. The van der Waals surface area contributed by atoms with Gasteiger partial charge in [-0.3, -0.25) is 9.48 Å². The van der Waals surface area contributed by atoms with Crippen LogP contribution in [0.3, 0.4) is 0 Å². The van der Waals surface area contributed by atoms with Crippen LogP contribution in [0.1, 0.15) is 12.8 Å². The third kappa shape index (κ3) is 3.66. The molecule has 2 aromatic heterocycles. The number of nitrogens with zero attached hydrogens (tertiary/aromatic N) is 5. The molecule has 1 aliphatic heterocycles. The van der Waals surface area contributed by atoms with E-state index in [9.17, 15) is 4.79 Å². The van der Waals surface area contributed by atoms with Crippen molar-refractivity contribution in [1.82, 2.24) is 25.1 Å². The fourth-order valence-corrected chi connectivity index (χ4v) is 3.47. The van der Waals surface area contributed by atoms with Crippen molar-refractivity contribution in [3.8, 4) is 0 Å². The number of rotatable bonds is 5. The molecule has 1 fully saturated rings. The topological polar surface area (TPSA) is 75.9 Å². The lowest BCUT2D eigenvalue weighted by atomic mass is 9.98. The van der Waals surface area contributed by atoms with Crippen molar-refractivity contribution in [2.75, 3.05) is 24.5 Å². The van der Waals surface area contributed by atoms with Crippen molar-refractivity contribution < 1.29 is 4.79 Å². The molecule has 26 heavy (non-hydrogen) atoms. The molecule has 3 aromatic rings. The maximum atomic E-state index is 12.3. The Morgan fingerprint density at radius 2 is 2.04 bits per heavy atom. The van der Waals surface area contributed by atoms with Gasteiger partial charge in [0.25, 0.3) is 0 Å². The Morgan fingerprint density at radius 1 is 1.19 bits per heavy atom. The molecule has 1 atom stereocenters. The zero-order valence-electron chi connectivity index (χ0n) is 14.6. The Kier molecular flexibility index (Phi) is 4.77. The molecule has 1 amide bonds. The van der Waals surface area contributed by atoms with E-state index in [2.05, 4.69) is 25.3 Å². The van der Waals surface area contributed by atoms with E-state index in [0.717, 1.165) is 42.8 Å². The minimum absolute atomic E-state index is 0.00747. The lowest BCUT2D eigenvalue weighted by Gasteiger charge is -2.32. The molecule has 1 N–H and O–H groups in total. The molecule has 3 heterocycles. The first-order valence-corrected chi connectivity index (χ1v) is 8.99. The first-order valence-electron chi connectivity index (χ1n) is 8.99. The molecule has 1 aliphatic rings. The molecular weight excluding hydrogens is 328 g/mol. The number of hydrogen-bond donors (Lipinski definition) is 1. The minimum Gasteiger partial charge on any atom is -0.354 e. The summed E-state index contributed by atoms with van der Waals surface area (Å²) in [4.78, 5) is 23.2. The van der Waals surface area contributed by atoms with Crippen molar-refractivity contribution in [1.29, 1.82) is 0 Å². The predicted molar refractivity (Wildman–Crippen MR) is 99.7 cm³/mol. The van der Waals surface area contributed by atoms with Crippen LogP contribution in [0.4, 0.5) is 5.95 Å². The van der Waals surface area contributed by atoms with E-state index in [1.807, 2.05) is 30.3 Å². The van der Waals surface area contributed by atoms with Crippen LogP contribution in [0, 0.1) is 5.92 Å². The second kappa shape index (κ2) is 7.51. The quantitative estimate of drug-likeness (QED) is 0.760. The molecule has 0 saturated carbocycles. The van der Waals surface area contributed by atoms with Crippen LogP contribution in [-0.2, 0) is 11.3 Å². The number of carbonyl (C=O) groups is 1. The Bertz CT molecular complexity index is 878. The van der Waals surface area contributed by atoms with Crippen LogP contribution in [0.25, 0.3) is 10.9 Å². The Labute approximate surface area is 152 Å². The van der Waals surface area contributed by atoms with E-state index in [-0.39, 0.29) is 12.5 Å². The molecule has 0 aliphatic carbocycles. The van der Waals surface area contributed by atoms with Gasteiger partial charge in [-0.25, -0.2) is 9.97 Å². The van der Waals surface area contributed by atoms with Crippen LogP contribution in [0.5, 0.6) is 0 Å². The summed E-state index contributed by atoms with van der Waals surface area (Å²) in [5.74, 6) is 1.17. The van der Waals surface area contributed by atoms with Crippen LogP contribution < -0.4 is 10.2 Å². The third-order valence-electron chi connectivity index (χ3n) is 4.79. The molecule has 1 aromatic carbocycles. The third-order valence-corrected chi connectivity index (χ3v) is 4.79. The maximum absolute atomic E-state index is 12.3. The number of hydrogen-bond acceptors (Lipinski definition) is 5. The molecule has 0 radical (unpaired) electrons. The summed E-state index contributed by atoms with van der Waals surface area (Å²) in [6.45, 7) is 2.75. The largest absolute Gasteiger partial charge is 0.354 e. The zero-order valence-corrected chi connectivity index (χ0v) is 14.6. The fourth-order valence-electron chi connectivity index (χ4n) is 3.47. The molecule has 7 heteroatoms. The van der Waals surface area contributed by atoms with Gasteiger partial charge in [0.2, 0.25) is 11.9 Å². The number of nitrogens with one attached hydrogen (secondary N) is 1. The summed E-state index contributed by atoms with van der Waals surface area (Å²) in [7, 11) is 0. The van der Waals surface area contributed by atoms with E-state index < -0.39 is 0 Å². The lowest BCUT2D eigenvalue weighted by molar-refractivity contribution is -0.122. The van der Waals surface area contributed by atoms with Gasteiger partial charge in [0.15, 0.2) is 0 Å². The monoisotopic (exact) mass is 350 g/mol. The molecule has 0 spiro atoms. The highest BCUT2D eigenvalue weighted by Crippen LogP contribution is 2.19. The molecule has 1 saturated heterocycles. The van der Waals surface area contributed by atoms with Crippen molar-refractivity contribution in [3.05, 3.63) is 48.9 Å². The number of para-hydroxylation sites is 1. The van der Waals surface area contributed by atoms with Crippen molar-refractivity contribution >= 4 is 22.8 Å². The number of fused-ring (bicyclic) bond motifs is 1. The molecular formula is C19H22N6O. The predicted octanol–water partition coefficient (Wildman–Crippen LogP) is 1.86. The average molecular weight is 350 g/mol. The second-order valence-electron chi connectivity index (χ2n) is 6.67. The first-order chi connectivity index (χ1) is 12.8. The summed E-state index contributed by atoms with van der Waals surface area (Å²) >= 11 is 0. The van der Waals surface area contributed by atoms with Gasteiger partial charge in [0.05, 0.1) is 11.7 Å². The van der Waals surface area contributed by atoms with E-state index in [1.54, 1.807) is 23.3 Å². The normalized spacial score (nSPS) is 17.4. The molecule has 0 unspecified atom stereocenters. The van der Waals surface area contributed by atoms with E-state index in [4.69, 9.17) is 0 Å². The highest BCUT2D eigenvalue weighted by atomic mass is 16.2. The van der Waals surface area contributed by atoms with Crippen LogP contribution in [0.2, 0.25) is 0 Å². The number of carbonyl (C=O) groups excluding carboxylic acids is 1. The number of benzene rings is 1. The van der Waals surface area contributed by atoms with Gasteiger partial charge >= 0.3 is 0 Å².